The zero-order valence-corrected chi connectivity index (χ0v) is 12.4. The number of furan rings is 1. The molecule has 0 fully saturated rings. The lowest BCUT2D eigenvalue weighted by Crippen LogP contribution is -2.37. The van der Waals surface area contributed by atoms with Gasteiger partial charge in [-0.25, -0.2) is 4.79 Å². The van der Waals surface area contributed by atoms with Gasteiger partial charge < -0.3 is 20.2 Å². The van der Waals surface area contributed by atoms with Gasteiger partial charge in [-0.1, -0.05) is 24.3 Å². The molecule has 0 aliphatic heterocycles. The van der Waals surface area contributed by atoms with Crippen LogP contribution in [-0.4, -0.2) is 22.7 Å². The van der Waals surface area contributed by atoms with Crippen molar-refractivity contribution >= 4 is 16.9 Å². The Morgan fingerprint density at radius 1 is 1.17 bits per heavy atom. The molecular weight excluding hydrogens is 294 g/mol. The van der Waals surface area contributed by atoms with Crippen LogP contribution in [0.5, 0.6) is 0 Å². The molecule has 23 heavy (non-hydrogen) atoms. The van der Waals surface area contributed by atoms with Crippen LogP contribution in [0.2, 0.25) is 0 Å². The molecule has 1 aromatic carbocycles. The fourth-order valence-corrected chi connectivity index (χ4v) is 2.32. The Morgan fingerprint density at radius 3 is 2.87 bits per heavy atom. The van der Waals surface area contributed by atoms with Crippen LogP contribution in [0.1, 0.15) is 17.4 Å². The van der Waals surface area contributed by atoms with E-state index in [1.165, 1.54) is 6.26 Å². The maximum Gasteiger partial charge on any atom is 0.315 e. The second-order valence-corrected chi connectivity index (χ2v) is 5.09. The van der Waals surface area contributed by atoms with Crippen LogP contribution in [-0.2, 0) is 6.54 Å². The van der Waals surface area contributed by atoms with Gasteiger partial charge in [-0.05, 0) is 23.8 Å². The number of aliphatic hydroxyl groups is 1. The van der Waals surface area contributed by atoms with Gasteiger partial charge in [0.15, 0.2) is 0 Å². The van der Waals surface area contributed by atoms with Crippen molar-refractivity contribution in [2.75, 3.05) is 6.54 Å². The van der Waals surface area contributed by atoms with Crippen molar-refractivity contribution in [1.29, 1.82) is 0 Å². The third-order valence-corrected chi connectivity index (χ3v) is 3.48. The smallest absolute Gasteiger partial charge is 0.315 e. The molecule has 6 nitrogen and oxygen atoms in total. The number of carbonyl (C=O) groups excluding carboxylic acids is 1. The molecule has 0 saturated heterocycles. The monoisotopic (exact) mass is 311 g/mol. The van der Waals surface area contributed by atoms with Crippen molar-refractivity contribution in [2.45, 2.75) is 12.6 Å². The van der Waals surface area contributed by atoms with E-state index in [1.807, 2.05) is 30.3 Å². The first kappa shape index (κ1) is 15.1. The van der Waals surface area contributed by atoms with Gasteiger partial charge >= 0.3 is 6.03 Å². The normalized spacial score (nSPS) is 12.0. The second kappa shape index (κ2) is 6.93. The van der Waals surface area contributed by atoms with E-state index in [1.54, 1.807) is 18.3 Å². The molecule has 118 valence electrons. The molecular formula is C17H17N3O3. The average molecular weight is 311 g/mol. The molecule has 0 radical (unpaired) electrons. The Balaban J connectivity index is 1.54. The van der Waals surface area contributed by atoms with Crippen LogP contribution in [0, 0.1) is 0 Å². The van der Waals surface area contributed by atoms with Crippen molar-refractivity contribution < 1.29 is 14.3 Å². The van der Waals surface area contributed by atoms with Crippen LogP contribution >= 0.6 is 0 Å². The number of nitrogens with one attached hydrogen (secondary N) is 2. The van der Waals surface area contributed by atoms with Gasteiger partial charge in [-0.2, -0.15) is 0 Å². The molecule has 2 aromatic heterocycles. The van der Waals surface area contributed by atoms with Crippen molar-refractivity contribution in [1.82, 2.24) is 15.6 Å². The van der Waals surface area contributed by atoms with E-state index in [0.717, 1.165) is 16.5 Å². The number of nitrogens with zero attached hydrogens (tertiary/aromatic N) is 1. The van der Waals surface area contributed by atoms with Gasteiger partial charge in [-0.3, -0.25) is 4.98 Å². The van der Waals surface area contributed by atoms with Crippen molar-refractivity contribution in [3.05, 3.63) is 66.2 Å². The SMILES string of the molecule is O=C(NCc1cccc2cccnc12)NCC(O)c1ccco1. The number of aromatic nitrogens is 1. The number of urea groups is 1. The Morgan fingerprint density at radius 2 is 2.04 bits per heavy atom. The fourth-order valence-electron chi connectivity index (χ4n) is 2.32. The summed E-state index contributed by atoms with van der Waals surface area (Å²) in [7, 11) is 0. The van der Waals surface area contributed by atoms with E-state index in [2.05, 4.69) is 15.6 Å². The van der Waals surface area contributed by atoms with Crippen LogP contribution in [0.4, 0.5) is 4.79 Å². The Kier molecular flexibility index (Phi) is 4.54. The molecule has 6 heteroatoms. The van der Waals surface area contributed by atoms with Gasteiger partial charge in [0.1, 0.15) is 11.9 Å². The minimum atomic E-state index is -0.866. The summed E-state index contributed by atoms with van der Waals surface area (Å²) < 4.78 is 5.08. The largest absolute Gasteiger partial charge is 0.467 e. The quantitative estimate of drug-likeness (QED) is 0.675. The number of hydrogen-bond acceptors (Lipinski definition) is 4. The first-order valence-electron chi connectivity index (χ1n) is 7.30. The molecule has 2 amide bonds. The highest BCUT2D eigenvalue weighted by atomic mass is 16.4. The summed E-state index contributed by atoms with van der Waals surface area (Å²) in [5, 5.41) is 16.2. The summed E-state index contributed by atoms with van der Waals surface area (Å²) in [5.41, 5.74) is 1.80. The number of benzene rings is 1. The maximum atomic E-state index is 11.8. The maximum absolute atomic E-state index is 11.8. The molecule has 0 aliphatic carbocycles. The van der Waals surface area contributed by atoms with Crippen LogP contribution < -0.4 is 10.6 Å². The van der Waals surface area contributed by atoms with Gasteiger partial charge in [0.25, 0.3) is 0 Å². The lowest BCUT2D eigenvalue weighted by atomic mass is 10.1. The standard InChI is InChI=1S/C17H17N3O3/c21-14(15-7-3-9-23-15)11-20-17(22)19-10-13-5-1-4-12-6-2-8-18-16(12)13/h1-9,14,21H,10-11H2,(H2,19,20,22). The van der Waals surface area contributed by atoms with Crippen LogP contribution in [0.3, 0.4) is 0 Å². The minimum absolute atomic E-state index is 0.0765. The first-order chi connectivity index (χ1) is 11.2. The molecule has 2 heterocycles. The van der Waals surface area contributed by atoms with E-state index >= 15 is 0 Å². The van der Waals surface area contributed by atoms with Crippen molar-refractivity contribution in [3.8, 4) is 0 Å². The Labute approximate surface area is 133 Å². The van der Waals surface area contributed by atoms with Gasteiger partial charge in [0.05, 0.1) is 18.3 Å². The summed E-state index contributed by atoms with van der Waals surface area (Å²) >= 11 is 0. The number of para-hydroxylation sites is 1. The molecule has 3 N–H and O–H groups in total. The predicted molar refractivity (Wildman–Crippen MR) is 85.6 cm³/mol. The minimum Gasteiger partial charge on any atom is -0.467 e. The van der Waals surface area contributed by atoms with E-state index < -0.39 is 6.10 Å². The molecule has 1 unspecified atom stereocenters. The number of pyridine rings is 1. The Hall–Kier alpha value is -2.86. The van der Waals surface area contributed by atoms with Crippen LogP contribution in [0.25, 0.3) is 10.9 Å². The third kappa shape index (κ3) is 3.67. The molecule has 1 atom stereocenters. The zero-order valence-electron chi connectivity index (χ0n) is 12.4. The molecule has 0 spiro atoms. The highest BCUT2D eigenvalue weighted by molar-refractivity contribution is 5.82. The van der Waals surface area contributed by atoms with Crippen molar-refractivity contribution in [3.63, 3.8) is 0 Å². The third-order valence-electron chi connectivity index (χ3n) is 3.48. The number of carbonyl (C=O) groups is 1. The van der Waals surface area contributed by atoms with E-state index in [9.17, 15) is 9.90 Å². The summed E-state index contributed by atoms with van der Waals surface area (Å²) in [5.74, 6) is 0.420. The summed E-state index contributed by atoms with van der Waals surface area (Å²) in [4.78, 5) is 16.2. The van der Waals surface area contributed by atoms with Gasteiger partial charge in [0, 0.05) is 18.1 Å². The number of fused-ring (bicyclic) bond motifs is 1. The summed E-state index contributed by atoms with van der Waals surface area (Å²) in [6.07, 6.45) is 2.34. The van der Waals surface area contributed by atoms with Crippen LogP contribution in [0.15, 0.2) is 59.3 Å². The zero-order chi connectivity index (χ0) is 16.1. The van der Waals surface area contributed by atoms with E-state index in [0.29, 0.717) is 12.3 Å². The number of amides is 2. The number of aliphatic hydroxyl groups excluding tert-OH is 1. The topological polar surface area (TPSA) is 87.4 Å². The number of hydrogen-bond donors (Lipinski definition) is 3. The first-order valence-corrected chi connectivity index (χ1v) is 7.30. The lowest BCUT2D eigenvalue weighted by molar-refractivity contribution is 0.148. The second-order valence-electron chi connectivity index (χ2n) is 5.09. The number of rotatable bonds is 5. The molecule has 0 saturated carbocycles. The molecule has 3 aromatic rings. The van der Waals surface area contributed by atoms with Gasteiger partial charge in [0.2, 0.25) is 0 Å². The van der Waals surface area contributed by atoms with E-state index in [4.69, 9.17) is 4.42 Å². The Bertz CT molecular complexity index is 781. The highest BCUT2D eigenvalue weighted by Gasteiger charge is 2.11. The highest BCUT2D eigenvalue weighted by Crippen LogP contribution is 2.15. The molecule has 0 aliphatic rings. The summed E-state index contributed by atoms with van der Waals surface area (Å²) in [6.45, 7) is 0.435. The van der Waals surface area contributed by atoms with Gasteiger partial charge in [-0.15, -0.1) is 0 Å². The molecule has 3 rings (SSSR count). The lowest BCUT2D eigenvalue weighted by Gasteiger charge is -2.11. The average Bonchev–Trinajstić information content (AvgIpc) is 3.12. The predicted octanol–water partition coefficient (Wildman–Crippen LogP) is 2.36. The van der Waals surface area contributed by atoms with E-state index in [-0.39, 0.29) is 12.6 Å². The fraction of sp³-hybridized carbons (Fsp3) is 0.176. The summed E-state index contributed by atoms with van der Waals surface area (Å²) in [6, 6.07) is 12.7. The molecule has 0 bridgehead atoms. The van der Waals surface area contributed by atoms with Crippen molar-refractivity contribution in [2.24, 2.45) is 0 Å².